The fourth-order valence-electron chi connectivity index (χ4n) is 2.79. The first-order valence-electron chi connectivity index (χ1n) is 8.31. The summed E-state index contributed by atoms with van der Waals surface area (Å²) in [6.45, 7) is 2.05. The number of nitriles is 1. The van der Waals surface area contributed by atoms with Crippen molar-refractivity contribution in [3.8, 4) is 17.6 Å². The van der Waals surface area contributed by atoms with Gasteiger partial charge in [0.25, 0.3) is 0 Å². The molecular formula is C18H24N2O4. The molecule has 1 aromatic rings. The summed E-state index contributed by atoms with van der Waals surface area (Å²) in [5, 5.41) is 12.3. The van der Waals surface area contributed by atoms with E-state index in [1.807, 2.05) is 6.07 Å². The Balaban J connectivity index is 2.09. The third-order valence-electron chi connectivity index (χ3n) is 4.00. The van der Waals surface area contributed by atoms with E-state index in [0.717, 1.165) is 18.4 Å². The molecule has 1 aliphatic carbocycles. The van der Waals surface area contributed by atoms with Gasteiger partial charge in [-0.05, 0) is 50.3 Å². The summed E-state index contributed by atoms with van der Waals surface area (Å²) >= 11 is 0. The highest BCUT2D eigenvalue weighted by atomic mass is 16.5. The molecule has 0 amide bonds. The first-order chi connectivity index (χ1) is 11.7. The SMILES string of the molecule is CCOC(=O)CNC(C#N)c1ccc(OC)c(OC2CCCC2)c1. The molecule has 1 fully saturated rings. The lowest BCUT2D eigenvalue weighted by Crippen LogP contribution is -2.28. The number of benzene rings is 1. The monoisotopic (exact) mass is 332 g/mol. The van der Waals surface area contributed by atoms with E-state index in [1.165, 1.54) is 12.8 Å². The summed E-state index contributed by atoms with van der Waals surface area (Å²) in [5.41, 5.74) is 0.732. The lowest BCUT2D eigenvalue weighted by molar-refractivity contribution is -0.142. The molecule has 1 saturated carbocycles. The molecule has 0 saturated heterocycles. The molecule has 2 rings (SSSR count). The van der Waals surface area contributed by atoms with Crippen molar-refractivity contribution >= 4 is 5.97 Å². The predicted octanol–water partition coefficient (Wildman–Crippen LogP) is 2.73. The number of nitrogens with zero attached hydrogens (tertiary/aromatic N) is 1. The van der Waals surface area contributed by atoms with Crippen LogP contribution in [0.25, 0.3) is 0 Å². The van der Waals surface area contributed by atoms with E-state index in [4.69, 9.17) is 14.2 Å². The van der Waals surface area contributed by atoms with Gasteiger partial charge in [-0.25, -0.2) is 0 Å². The van der Waals surface area contributed by atoms with Gasteiger partial charge in [0.1, 0.15) is 6.04 Å². The lowest BCUT2D eigenvalue weighted by Gasteiger charge is -2.18. The molecule has 1 unspecified atom stereocenters. The smallest absolute Gasteiger partial charge is 0.319 e. The molecule has 0 aromatic heterocycles. The van der Waals surface area contributed by atoms with Crippen LogP contribution in [0, 0.1) is 11.3 Å². The summed E-state index contributed by atoms with van der Waals surface area (Å²) in [6, 6.07) is 6.93. The molecule has 6 nitrogen and oxygen atoms in total. The zero-order chi connectivity index (χ0) is 17.4. The van der Waals surface area contributed by atoms with Crippen molar-refractivity contribution in [2.75, 3.05) is 20.3 Å². The van der Waals surface area contributed by atoms with Crippen molar-refractivity contribution in [2.45, 2.75) is 44.8 Å². The van der Waals surface area contributed by atoms with Gasteiger partial charge in [0.05, 0.1) is 32.4 Å². The number of methoxy groups -OCH3 is 1. The number of esters is 1. The van der Waals surface area contributed by atoms with Crippen molar-refractivity contribution in [1.29, 1.82) is 5.26 Å². The summed E-state index contributed by atoms with van der Waals surface area (Å²) < 4.78 is 16.3. The Hall–Kier alpha value is -2.26. The van der Waals surface area contributed by atoms with Gasteiger partial charge >= 0.3 is 5.97 Å². The van der Waals surface area contributed by atoms with E-state index in [2.05, 4.69) is 11.4 Å². The molecule has 0 radical (unpaired) electrons. The summed E-state index contributed by atoms with van der Waals surface area (Å²) in [5.74, 6) is 0.904. The first kappa shape index (κ1) is 18.1. The largest absolute Gasteiger partial charge is 0.493 e. The first-order valence-corrected chi connectivity index (χ1v) is 8.31. The molecular weight excluding hydrogens is 308 g/mol. The minimum atomic E-state index is -0.619. The molecule has 1 aliphatic rings. The molecule has 1 aromatic carbocycles. The van der Waals surface area contributed by atoms with E-state index in [0.29, 0.717) is 18.1 Å². The van der Waals surface area contributed by atoms with Gasteiger partial charge in [0, 0.05) is 0 Å². The van der Waals surface area contributed by atoms with E-state index in [9.17, 15) is 10.1 Å². The number of hydrogen-bond acceptors (Lipinski definition) is 6. The highest BCUT2D eigenvalue weighted by molar-refractivity contribution is 5.71. The van der Waals surface area contributed by atoms with Crippen LogP contribution in [-0.4, -0.2) is 32.3 Å². The zero-order valence-corrected chi connectivity index (χ0v) is 14.2. The highest BCUT2D eigenvalue weighted by Crippen LogP contribution is 2.33. The van der Waals surface area contributed by atoms with Crippen LogP contribution < -0.4 is 14.8 Å². The van der Waals surface area contributed by atoms with Crippen LogP contribution >= 0.6 is 0 Å². The Morgan fingerprint density at radius 2 is 2.12 bits per heavy atom. The zero-order valence-electron chi connectivity index (χ0n) is 14.2. The van der Waals surface area contributed by atoms with Crippen molar-refractivity contribution in [2.24, 2.45) is 0 Å². The summed E-state index contributed by atoms with van der Waals surface area (Å²) in [6.07, 6.45) is 4.62. The van der Waals surface area contributed by atoms with Crippen LogP contribution in [0.5, 0.6) is 11.5 Å². The third-order valence-corrected chi connectivity index (χ3v) is 4.00. The standard InChI is InChI=1S/C18H24N2O4/c1-3-23-18(21)12-20-15(11-19)13-8-9-16(22-2)17(10-13)24-14-6-4-5-7-14/h8-10,14-15,20H,3-7,12H2,1-2H3. The second-order valence-corrected chi connectivity index (χ2v) is 5.68. The Morgan fingerprint density at radius 3 is 2.75 bits per heavy atom. The van der Waals surface area contributed by atoms with Gasteiger partial charge in [-0.3, -0.25) is 10.1 Å². The molecule has 0 aliphatic heterocycles. The van der Waals surface area contributed by atoms with Gasteiger partial charge in [0.2, 0.25) is 0 Å². The second-order valence-electron chi connectivity index (χ2n) is 5.68. The van der Waals surface area contributed by atoms with Crippen LogP contribution in [0.15, 0.2) is 18.2 Å². The quantitative estimate of drug-likeness (QED) is 0.737. The number of rotatable bonds is 8. The number of ether oxygens (including phenoxy) is 3. The molecule has 0 heterocycles. The van der Waals surface area contributed by atoms with Crippen molar-refractivity contribution in [3.63, 3.8) is 0 Å². The molecule has 130 valence electrons. The predicted molar refractivity (Wildman–Crippen MR) is 88.9 cm³/mol. The molecule has 0 bridgehead atoms. The average molecular weight is 332 g/mol. The van der Waals surface area contributed by atoms with Crippen molar-refractivity contribution in [3.05, 3.63) is 23.8 Å². The van der Waals surface area contributed by atoms with Crippen LogP contribution in [0.3, 0.4) is 0 Å². The van der Waals surface area contributed by atoms with Crippen LogP contribution in [-0.2, 0) is 9.53 Å². The van der Waals surface area contributed by atoms with Gasteiger partial charge < -0.3 is 14.2 Å². The maximum Gasteiger partial charge on any atom is 0.319 e. The van der Waals surface area contributed by atoms with Gasteiger partial charge in [0.15, 0.2) is 11.5 Å². The molecule has 1 atom stereocenters. The fraction of sp³-hybridized carbons (Fsp3) is 0.556. The van der Waals surface area contributed by atoms with E-state index in [1.54, 1.807) is 26.2 Å². The van der Waals surface area contributed by atoms with Crippen LogP contribution in [0.2, 0.25) is 0 Å². The van der Waals surface area contributed by atoms with Gasteiger partial charge in [-0.15, -0.1) is 0 Å². The van der Waals surface area contributed by atoms with E-state index < -0.39 is 6.04 Å². The lowest BCUT2D eigenvalue weighted by atomic mass is 10.1. The summed E-state index contributed by atoms with van der Waals surface area (Å²) in [7, 11) is 1.59. The van der Waals surface area contributed by atoms with Gasteiger partial charge in [-0.2, -0.15) is 5.26 Å². The maximum atomic E-state index is 11.5. The molecule has 0 spiro atoms. The average Bonchev–Trinajstić information content (AvgIpc) is 3.09. The number of hydrogen-bond donors (Lipinski definition) is 1. The normalized spacial score (nSPS) is 15.5. The Labute approximate surface area is 142 Å². The van der Waals surface area contributed by atoms with Crippen molar-refractivity contribution < 1.29 is 19.0 Å². The van der Waals surface area contributed by atoms with E-state index >= 15 is 0 Å². The minimum absolute atomic E-state index is 0.0170. The van der Waals surface area contributed by atoms with Crippen LogP contribution in [0.4, 0.5) is 0 Å². The maximum absolute atomic E-state index is 11.5. The Morgan fingerprint density at radius 1 is 1.38 bits per heavy atom. The van der Waals surface area contributed by atoms with Gasteiger partial charge in [-0.1, -0.05) is 6.07 Å². The second kappa shape index (κ2) is 9.14. The minimum Gasteiger partial charge on any atom is -0.493 e. The van der Waals surface area contributed by atoms with Crippen LogP contribution in [0.1, 0.15) is 44.2 Å². The molecule has 1 N–H and O–H groups in total. The molecule has 24 heavy (non-hydrogen) atoms. The number of nitrogens with one attached hydrogen (secondary N) is 1. The Bertz CT molecular complexity index is 591. The van der Waals surface area contributed by atoms with E-state index in [-0.39, 0.29) is 18.6 Å². The third kappa shape index (κ3) is 4.87. The number of carbonyl (C=O) groups excluding carboxylic acids is 1. The fourth-order valence-corrected chi connectivity index (χ4v) is 2.79. The highest BCUT2D eigenvalue weighted by Gasteiger charge is 2.20. The topological polar surface area (TPSA) is 80.6 Å². The Kier molecular flexibility index (Phi) is 6.89. The molecule has 6 heteroatoms. The number of carbonyl (C=O) groups is 1. The summed E-state index contributed by atoms with van der Waals surface area (Å²) in [4.78, 5) is 11.5. The van der Waals surface area contributed by atoms with Crippen molar-refractivity contribution in [1.82, 2.24) is 5.32 Å².